The summed E-state index contributed by atoms with van der Waals surface area (Å²) < 4.78 is 21.5. The third kappa shape index (κ3) is 4.20. The largest absolute Gasteiger partial charge is 1.00 e. The van der Waals surface area contributed by atoms with Gasteiger partial charge in [-0.15, -0.1) is 22.7 Å². The Bertz CT molecular complexity index is 1460. The van der Waals surface area contributed by atoms with E-state index in [1.165, 1.54) is 23.5 Å². The van der Waals surface area contributed by atoms with E-state index in [0.717, 1.165) is 29.6 Å². The van der Waals surface area contributed by atoms with Gasteiger partial charge in [0.05, 0.1) is 12.3 Å². The van der Waals surface area contributed by atoms with Gasteiger partial charge in [0.1, 0.15) is 26.8 Å². The molecule has 0 aliphatic rings. The number of halogens is 2. The Kier molecular flexibility index (Phi) is 6.37. The van der Waals surface area contributed by atoms with E-state index in [2.05, 4.69) is 4.99 Å². The van der Waals surface area contributed by atoms with Gasteiger partial charge in [0.2, 0.25) is 5.52 Å². The highest BCUT2D eigenvalue weighted by Gasteiger charge is 2.16. The van der Waals surface area contributed by atoms with Crippen LogP contribution in [0.5, 0.6) is 0 Å². The van der Waals surface area contributed by atoms with Crippen molar-refractivity contribution in [3.05, 3.63) is 64.4 Å². The Morgan fingerprint density at radius 2 is 1.97 bits per heavy atom. The smallest absolute Gasteiger partial charge is 0.270 e. The maximum Gasteiger partial charge on any atom is 0.270 e. The highest BCUT2D eigenvalue weighted by Crippen LogP contribution is 2.21. The molecule has 0 aliphatic heterocycles. The van der Waals surface area contributed by atoms with Crippen molar-refractivity contribution in [1.82, 2.24) is 9.13 Å². The summed E-state index contributed by atoms with van der Waals surface area (Å²) in [5.41, 5.74) is 0.755. The van der Waals surface area contributed by atoms with Crippen molar-refractivity contribution in [2.45, 2.75) is 6.92 Å². The summed E-state index contributed by atoms with van der Waals surface area (Å²) in [7, 11) is 5.59. The number of aryl methyl sites for hydroxylation is 3. The molecule has 0 fully saturated rings. The van der Waals surface area contributed by atoms with Gasteiger partial charge >= 0.3 is 0 Å². The van der Waals surface area contributed by atoms with E-state index in [4.69, 9.17) is 0 Å². The molecule has 4 aromatic rings. The van der Waals surface area contributed by atoms with Crippen molar-refractivity contribution < 1.29 is 25.9 Å². The van der Waals surface area contributed by atoms with Crippen molar-refractivity contribution in [3.63, 3.8) is 0 Å². The van der Waals surface area contributed by atoms with E-state index in [-0.39, 0.29) is 28.4 Å². The van der Waals surface area contributed by atoms with Gasteiger partial charge in [-0.1, -0.05) is 11.3 Å². The number of hydrogen-bond acceptors (Lipinski definition) is 5. The van der Waals surface area contributed by atoms with Gasteiger partial charge in [0.25, 0.3) is 10.6 Å². The first-order valence-electron chi connectivity index (χ1n) is 8.46. The van der Waals surface area contributed by atoms with E-state index < -0.39 is 0 Å². The lowest BCUT2D eigenvalue weighted by Crippen LogP contribution is -3.00. The molecule has 0 radical (unpaired) electrons. The Labute approximate surface area is 188 Å². The number of thiazole rings is 3. The molecule has 0 bridgehead atoms. The third-order valence-electron chi connectivity index (χ3n) is 4.36. The van der Waals surface area contributed by atoms with E-state index in [1.807, 2.05) is 42.4 Å². The molecule has 0 spiro atoms. The molecule has 0 atom stereocenters. The summed E-state index contributed by atoms with van der Waals surface area (Å²) >= 11 is 4.54. The number of nitrogens with zero attached hydrogens (tertiary/aromatic N) is 4. The normalized spacial score (nSPS) is 13.5. The Morgan fingerprint density at radius 3 is 2.66 bits per heavy atom. The zero-order valence-electron chi connectivity index (χ0n) is 16.1. The molecular formula is C19H18BrFN4OS3. The summed E-state index contributed by atoms with van der Waals surface area (Å²) in [5, 5.41) is 0.946. The maximum absolute atomic E-state index is 13.6. The quantitative estimate of drug-likeness (QED) is 0.301. The minimum Gasteiger partial charge on any atom is -1.00 e. The zero-order valence-corrected chi connectivity index (χ0v) is 20.2. The van der Waals surface area contributed by atoms with Gasteiger partial charge in [0, 0.05) is 31.2 Å². The molecule has 29 heavy (non-hydrogen) atoms. The lowest BCUT2D eigenvalue weighted by atomic mass is 10.3. The Balaban J connectivity index is 0.00000240. The first-order chi connectivity index (χ1) is 13.3. The van der Waals surface area contributed by atoms with Crippen molar-refractivity contribution >= 4 is 56.5 Å². The average Bonchev–Trinajstić information content (AvgIpc) is 3.23. The van der Waals surface area contributed by atoms with E-state index in [1.54, 1.807) is 46.6 Å². The SMILES string of the molecule is Cc1cn(C)c(=N/C=c2\s/c(=C\c3sc4ccc(F)cc4[n+]3C)n(C)c2=O)s1.[Br-]. The summed E-state index contributed by atoms with van der Waals surface area (Å²) in [6.45, 7) is 2.03. The molecule has 152 valence electrons. The fraction of sp³-hybridized carbons (Fsp3) is 0.211. The summed E-state index contributed by atoms with van der Waals surface area (Å²) in [6, 6.07) is 4.77. The van der Waals surface area contributed by atoms with E-state index in [0.29, 0.717) is 4.53 Å². The molecule has 5 nitrogen and oxygen atoms in total. The van der Waals surface area contributed by atoms with Crippen LogP contribution in [0.15, 0.2) is 34.2 Å². The topological polar surface area (TPSA) is 43.2 Å². The number of aromatic nitrogens is 3. The number of benzene rings is 1. The van der Waals surface area contributed by atoms with Crippen LogP contribution in [0.2, 0.25) is 0 Å². The average molecular weight is 513 g/mol. The molecule has 3 aromatic heterocycles. The molecule has 0 amide bonds. The van der Waals surface area contributed by atoms with Gasteiger partial charge in [-0.05, 0) is 19.1 Å². The fourth-order valence-corrected chi connectivity index (χ4v) is 5.76. The van der Waals surface area contributed by atoms with Crippen LogP contribution in [0.4, 0.5) is 4.39 Å². The van der Waals surface area contributed by atoms with E-state index in [9.17, 15) is 9.18 Å². The van der Waals surface area contributed by atoms with Gasteiger partial charge in [0.15, 0.2) is 4.80 Å². The van der Waals surface area contributed by atoms with Crippen LogP contribution in [0, 0.1) is 12.7 Å². The van der Waals surface area contributed by atoms with Crippen molar-refractivity contribution in [3.8, 4) is 0 Å². The molecule has 4 rings (SSSR count). The molecule has 1 aromatic carbocycles. The first-order valence-corrected chi connectivity index (χ1v) is 10.9. The zero-order chi connectivity index (χ0) is 20.0. The van der Waals surface area contributed by atoms with Crippen LogP contribution < -0.4 is 41.1 Å². The highest BCUT2D eigenvalue weighted by molar-refractivity contribution is 7.19. The number of hydrogen-bond donors (Lipinski definition) is 0. The van der Waals surface area contributed by atoms with Crippen LogP contribution in [0.1, 0.15) is 9.88 Å². The third-order valence-corrected chi connectivity index (χ3v) is 7.63. The van der Waals surface area contributed by atoms with E-state index >= 15 is 0 Å². The van der Waals surface area contributed by atoms with Gasteiger partial charge in [-0.3, -0.25) is 4.79 Å². The first kappa shape index (κ1) is 21.8. The minimum atomic E-state index is -0.258. The molecule has 0 saturated carbocycles. The van der Waals surface area contributed by atoms with Gasteiger partial charge in [-0.2, -0.15) is 4.57 Å². The lowest BCUT2D eigenvalue weighted by Gasteiger charge is -1.88. The second-order valence-corrected chi connectivity index (χ2v) is 9.76. The Hall–Kier alpha value is -1.88. The monoisotopic (exact) mass is 512 g/mol. The van der Waals surface area contributed by atoms with Gasteiger partial charge < -0.3 is 26.1 Å². The van der Waals surface area contributed by atoms with Crippen molar-refractivity contribution in [2.24, 2.45) is 26.1 Å². The van der Waals surface area contributed by atoms with Crippen LogP contribution in [-0.4, -0.2) is 9.13 Å². The van der Waals surface area contributed by atoms with Crippen LogP contribution >= 0.6 is 34.0 Å². The lowest BCUT2D eigenvalue weighted by molar-refractivity contribution is -0.642. The molecule has 0 aliphatic carbocycles. The number of rotatable bonds is 2. The summed E-state index contributed by atoms with van der Waals surface area (Å²) in [5.74, 6) is -0.258. The molecule has 0 N–H and O–H groups in total. The van der Waals surface area contributed by atoms with Crippen molar-refractivity contribution in [1.29, 1.82) is 0 Å². The second-order valence-electron chi connectivity index (χ2n) is 6.42. The summed E-state index contributed by atoms with van der Waals surface area (Å²) in [4.78, 5) is 19.1. The molecular weight excluding hydrogens is 495 g/mol. The van der Waals surface area contributed by atoms with Gasteiger partial charge in [-0.25, -0.2) is 9.38 Å². The predicted octanol–water partition coefficient (Wildman–Crippen LogP) is -1.49. The summed E-state index contributed by atoms with van der Waals surface area (Å²) in [6.07, 6.45) is 5.60. The molecule has 0 unspecified atom stereocenters. The predicted molar refractivity (Wildman–Crippen MR) is 113 cm³/mol. The highest BCUT2D eigenvalue weighted by atomic mass is 79.9. The standard InChI is InChI=1S/C19H18FN4OS3.BrH/c1-11-10-22(2)19(26-11)21-9-15-18(25)24(4)17(28-15)8-16-23(3)13-7-12(20)5-6-14(13)27-16;/h5-10H,1-4H3;1H/q+1;/p-1/b15-9-,21-19?;. The maximum atomic E-state index is 13.6. The minimum absolute atomic E-state index is 0. The van der Waals surface area contributed by atoms with Crippen LogP contribution in [0.3, 0.4) is 0 Å². The Morgan fingerprint density at radius 1 is 1.21 bits per heavy atom. The van der Waals surface area contributed by atoms with Crippen LogP contribution in [0.25, 0.3) is 22.5 Å². The molecule has 10 heteroatoms. The molecule has 3 heterocycles. The molecule has 0 saturated heterocycles. The van der Waals surface area contributed by atoms with Crippen LogP contribution in [-0.2, 0) is 21.1 Å². The second kappa shape index (κ2) is 8.47. The number of fused-ring (bicyclic) bond motifs is 1. The fourth-order valence-electron chi connectivity index (χ4n) is 2.87. The van der Waals surface area contributed by atoms with Crippen molar-refractivity contribution in [2.75, 3.05) is 0 Å².